The first kappa shape index (κ1) is 31.8. The third-order valence-corrected chi connectivity index (χ3v) is 12.4. The molecule has 9 rings (SSSR count). The van der Waals surface area contributed by atoms with Crippen molar-refractivity contribution in [1.82, 2.24) is 24.8 Å². The molecule has 0 unspecified atom stereocenters. The zero-order chi connectivity index (χ0) is 34.2. The van der Waals surface area contributed by atoms with E-state index in [1.165, 1.54) is 90.6 Å². The van der Waals surface area contributed by atoms with Gasteiger partial charge in [-0.1, -0.05) is 56.9 Å². The van der Waals surface area contributed by atoms with E-state index >= 15 is 0 Å². The molecule has 1 saturated heterocycles. The van der Waals surface area contributed by atoms with Crippen LogP contribution in [0, 0.1) is 11.3 Å². The van der Waals surface area contributed by atoms with Gasteiger partial charge in [0.1, 0.15) is 17.2 Å². The number of benzene rings is 3. The highest BCUT2D eigenvalue weighted by Gasteiger charge is 2.42. The Bertz CT molecular complexity index is 2090. The summed E-state index contributed by atoms with van der Waals surface area (Å²) in [5.41, 5.74) is 12.4. The van der Waals surface area contributed by atoms with Crippen molar-refractivity contribution in [3.05, 3.63) is 71.3 Å². The molecule has 7 nitrogen and oxygen atoms in total. The Morgan fingerprint density at radius 3 is 1.96 bits per heavy atom. The number of ether oxygens (including phenoxy) is 1. The van der Waals surface area contributed by atoms with Crippen molar-refractivity contribution in [3.8, 4) is 22.3 Å². The topological polar surface area (TPSA) is 86.9 Å². The second-order valence-electron chi connectivity index (χ2n) is 17.2. The molecule has 260 valence electrons. The fourth-order valence-electron chi connectivity index (χ4n) is 9.71. The number of aromatic nitrogens is 4. The van der Waals surface area contributed by atoms with Gasteiger partial charge in [-0.2, -0.15) is 0 Å². The van der Waals surface area contributed by atoms with Gasteiger partial charge < -0.3 is 14.7 Å². The number of fused-ring (bicyclic) bond motifs is 3. The second kappa shape index (κ2) is 12.0. The monoisotopic (exact) mass is 669 g/mol. The van der Waals surface area contributed by atoms with Gasteiger partial charge >= 0.3 is 6.09 Å². The average molecular weight is 670 g/mol. The van der Waals surface area contributed by atoms with Crippen LogP contribution in [-0.2, 0) is 17.6 Å². The van der Waals surface area contributed by atoms with Crippen molar-refractivity contribution in [2.75, 3.05) is 6.54 Å². The molecule has 5 aromatic rings. The fourth-order valence-corrected chi connectivity index (χ4v) is 9.71. The van der Waals surface area contributed by atoms with Gasteiger partial charge in [0.25, 0.3) is 0 Å². The summed E-state index contributed by atoms with van der Waals surface area (Å²) in [6.07, 6.45) is 14.3. The van der Waals surface area contributed by atoms with Gasteiger partial charge in [-0.3, -0.25) is 4.90 Å². The molecular formula is C43H51N5O2. The average Bonchev–Trinajstić information content (AvgIpc) is 3.93. The number of aromatic amines is 2. The van der Waals surface area contributed by atoms with Crippen molar-refractivity contribution in [3.63, 3.8) is 0 Å². The summed E-state index contributed by atoms with van der Waals surface area (Å²) in [6, 6.07) is 18.2. The Labute approximate surface area is 295 Å². The first-order chi connectivity index (χ1) is 24.1. The van der Waals surface area contributed by atoms with E-state index in [1.54, 1.807) is 0 Å². The maximum atomic E-state index is 13.1. The number of nitrogens with one attached hydrogen (secondary N) is 2. The first-order valence-corrected chi connectivity index (χ1v) is 19.3. The number of imidazole rings is 2. The number of carbonyl (C=O) groups is 1. The number of H-pyrrole nitrogens is 2. The lowest BCUT2D eigenvalue weighted by atomic mass is 9.69. The minimum absolute atomic E-state index is 0.0979. The van der Waals surface area contributed by atoms with Gasteiger partial charge in [-0.05, 0) is 141 Å². The third kappa shape index (κ3) is 5.71. The molecule has 2 N–H and O–H groups in total. The van der Waals surface area contributed by atoms with Crippen LogP contribution in [0.2, 0.25) is 0 Å². The highest BCUT2D eigenvalue weighted by Crippen LogP contribution is 2.53. The Balaban J connectivity index is 1.08. The maximum Gasteiger partial charge on any atom is 0.410 e. The summed E-state index contributed by atoms with van der Waals surface area (Å²) >= 11 is 0. The summed E-state index contributed by atoms with van der Waals surface area (Å²) in [6.45, 7) is 8.88. The van der Waals surface area contributed by atoms with Gasteiger partial charge in [0.05, 0.1) is 28.1 Å². The van der Waals surface area contributed by atoms with E-state index < -0.39 is 5.60 Å². The van der Waals surface area contributed by atoms with Crippen LogP contribution < -0.4 is 0 Å². The summed E-state index contributed by atoms with van der Waals surface area (Å²) in [5.74, 6) is 3.42. The highest BCUT2D eigenvalue weighted by molar-refractivity contribution is 5.88. The van der Waals surface area contributed by atoms with Crippen LogP contribution >= 0.6 is 0 Å². The molecule has 50 heavy (non-hydrogen) atoms. The summed E-state index contributed by atoms with van der Waals surface area (Å²) in [7, 11) is 0. The van der Waals surface area contributed by atoms with E-state index in [1.807, 2.05) is 25.7 Å². The Morgan fingerprint density at radius 2 is 1.36 bits per heavy atom. The lowest BCUT2D eigenvalue weighted by Gasteiger charge is -2.36. The highest BCUT2D eigenvalue weighted by atomic mass is 16.6. The predicted octanol–water partition coefficient (Wildman–Crippen LogP) is 10.8. The van der Waals surface area contributed by atoms with E-state index in [0.717, 1.165) is 59.5 Å². The van der Waals surface area contributed by atoms with Crippen molar-refractivity contribution in [2.45, 2.75) is 122 Å². The number of hydrogen-bond acceptors (Lipinski definition) is 4. The SMILES string of the molecule is CC1CCC2(CC1)Cc1c(-c3ccc4nc(C5CCCC5)[nH]c4c3)ccc(-c3ccc4nc([C@@H]5CCCN5C(=O)OC(C)(C)C)[nH]c4c3)c1C2. The van der Waals surface area contributed by atoms with Crippen LogP contribution in [0.25, 0.3) is 44.3 Å². The molecule has 3 aromatic carbocycles. The summed E-state index contributed by atoms with van der Waals surface area (Å²) in [4.78, 5) is 32.3. The lowest BCUT2D eigenvalue weighted by Crippen LogP contribution is -2.36. The van der Waals surface area contributed by atoms with E-state index in [0.29, 0.717) is 17.9 Å². The van der Waals surface area contributed by atoms with E-state index in [2.05, 4.69) is 65.4 Å². The number of carbonyl (C=O) groups excluding carboxylic acids is 1. The van der Waals surface area contributed by atoms with Crippen molar-refractivity contribution >= 4 is 28.2 Å². The Kier molecular flexibility index (Phi) is 7.63. The van der Waals surface area contributed by atoms with Crippen LogP contribution in [0.1, 0.15) is 127 Å². The Morgan fingerprint density at radius 1 is 0.780 bits per heavy atom. The smallest absolute Gasteiger partial charge is 0.410 e. The zero-order valence-corrected chi connectivity index (χ0v) is 30.2. The molecule has 3 heterocycles. The molecule has 3 fully saturated rings. The number of hydrogen-bond donors (Lipinski definition) is 2. The molecule has 1 atom stereocenters. The van der Waals surface area contributed by atoms with E-state index in [9.17, 15) is 4.79 Å². The zero-order valence-electron chi connectivity index (χ0n) is 30.2. The first-order valence-electron chi connectivity index (χ1n) is 19.3. The van der Waals surface area contributed by atoms with Crippen LogP contribution in [0.15, 0.2) is 48.5 Å². The predicted molar refractivity (Wildman–Crippen MR) is 200 cm³/mol. The number of rotatable bonds is 4. The standard InChI is InChI=1S/C43H51N5O2/c1-26-17-19-43(20-18-26)24-32-30(28-11-15-34-36(22-28)46-39(44-34)27-8-5-6-9-27)13-14-31(33(32)25-43)29-12-16-35-37(23-29)47-40(45-35)38-10-7-21-48(38)41(49)50-42(2,3)4/h11-16,22-23,26-27,38H,5-10,17-21,24-25H2,1-4H3,(H,44,46)(H,45,47)/t26?,38-,43?/m0/s1. The molecule has 4 aliphatic rings. The second-order valence-corrected chi connectivity index (χ2v) is 17.2. The number of likely N-dealkylation sites (tertiary alicyclic amines) is 1. The van der Waals surface area contributed by atoms with E-state index in [-0.39, 0.29) is 12.1 Å². The summed E-state index contributed by atoms with van der Waals surface area (Å²) < 4.78 is 5.75. The fraction of sp³-hybridized carbons (Fsp3) is 0.512. The van der Waals surface area contributed by atoms with Crippen molar-refractivity contribution in [1.29, 1.82) is 0 Å². The third-order valence-electron chi connectivity index (χ3n) is 12.4. The maximum absolute atomic E-state index is 13.1. The largest absolute Gasteiger partial charge is 0.444 e. The number of nitrogens with zero attached hydrogens (tertiary/aromatic N) is 3. The lowest BCUT2D eigenvalue weighted by molar-refractivity contribution is 0.0219. The quantitative estimate of drug-likeness (QED) is 0.199. The molecule has 7 heteroatoms. The van der Waals surface area contributed by atoms with Crippen molar-refractivity contribution < 1.29 is 9.53 Å². The minimum atomic E-state index is -0.526. The van der Waals surface area contributed by atoms with E-state index in [4.69, 9.17) is 14.7 Å². The molecule has 1 aliphatic heterocycles. The van der Waals surface area contributed by atoms with Crippen molar-refractivity contribution in [2.24, 2.45) is 11.3 Å². The minimum Gasteiger partial charge on any atom is -0.444 e. The van der Waals surface area contributed by atoms with Gasteiger partial charge in [-0.15, -0.1) is 0 Å². The summed E-state index contributed by atoms with van der Waals surface area (Å²) in [5, 5.41) is 0. The van der Waals surface area contributed by atoms with Gasteiger partial charge in [-0.25, -0.2) is 14.8 Å². The molecular weight excluding hydrogens is 619 g/mol. The molecule has 3 aliphatic carbocycles. The molecule has 0 radical (unpaired) electrons. The molecule has 2 aromatic heterocycles. The van der Waals surface area contributed by atoms with Crippen LogP contribution in [0.4, 0.5) is 4.79 Å². The van der Waals surface area contributed by atoms with Crippen LogP contribution in [-0.4, -0.2) is 43.1 Å². The van der Waals surface area contributed by atoms with Gasteiger partial charge in [0, 0.05) is 12.5 Å². The molecule has 2 saturated carbocycles. The normalized spacial score (nSPS) is 24.2. The Hall–Kier alpha value is -4.13. The van der Waals surface area contributed by atoms with Crippen LogP contribution in [0.5, 0.6) is 0 Å². The van der Waals surface area contributed by atoms with Crippen LogP contribution in [0.3, 0.4) is 0 Å². The number of amides is 1. The van der Waals surface area contributed by atoms with Gasteiger partial charge in [0.15, 0.2) is 0 Å². The molecule has 1 spiro atoms. The molecule has 1 amide bonds. The van der Waals surface area contributed by atoms with Gasteiger partial charge in [0.2, 0.25) is 0 Å². The molecule has 0 bridgehead atoms.